The van der Waals surface area contributed by atoms with Crippen molar-refractivity contribution < 1.29 is 9.47 Å². The largest absolute Gasteiger partial charge is 0.493 e. The minimum atomic E-state index is 0.0570. The molecule has 0 unspecified atom stereocenters. The van der Waals surface area contributed by atoms with Crippen LogP contribution in [0.3, 0.4) is 0 Å². The Kier molecular flexibility index (Phi) is 5.98. The van der Waals surface area contributed by atoms with Gasteiger partial charge in [-0.3, -0.25) is 0 Å². The Morgan fingerprint density at radius 3 is 2.45 bits per heavy atom. The van der Waals surface area contributed by atoms with Crippen LogP contribution in [0.15, 0.2) is 40.9 Å². The fourth-order valence-electron chi connectivity index (χ4n) is 2.04. The summed E-state index contributed by atoms with van der Waals surface area (Å²) in [7, 11) is 1.62. The summed E-state index contributed by atoms with van der Waals surface area (Å²) in [5, 5.41) is 3.99. The normalized spacial score (nSPS) is 10.6. The Morgan fingerprint density at radius 2 is 1.86 bits per heavy atom. The third-order valence-electron chi connectivity index (χ3n) is 3.00. The van der Waals surface area contributed by atoms with Gasteiger partial charge in [0, 0.05) is 33.4 Å². The fourth-order valence-corrected chi connectivity index (χ4v) is 2.54. The number of nitrogens with one attached hydrogen (secondary N) is 1. The Balaban J connectivity index is 2.24. The number of ether oxygens (including phenoxy) is 2. The molecule has 0 saturated heterocycles. The zero-order valence-electron chi connectivity index (χ0n) is 12.8. The van der Waals surface area contributed by atoms with Crippen LogP contribution in [0.2, 0.25) is 5.02 Å². The molecule has 0 aliphatic carbocycles. The summed E-state index contributed by atoms with van der Waals surface area (Å²) in [4.78, 5) is 0. The van der Waals surface area contributed by atoms with Crippen molar-refractivity contribution in [1.82, 2.24) is 0 Å². The molecule has 0 aliphatic rings. The molecule has 5 heteroatoms. The number of hydrogen-bond donors (Lipinski definition) is 1. The van der Waals surface area contributed by atoms with E-state index in [1.807, 2.05) is 44.2 Å². The minimum absolute atomic E-state index is 0.0570. The van der Waals surface area contributed by atoms with Gasteiger partial charge in [0.05, 0.1) is 13.2 Å². The van der Waals surface area contributed by atoms with Crippen LogP contribution in [0, 0.1) is 0 Å². The standard InChI is InChI=1S/C17H19BrClNO2/c1-11(2)22-17-12(8-14(19)9-16(17)21-3)10-20-15-6-4-13(18)5-7-15/h4-9,11,20H,10H2,1-3H3. The van der Waals surface area contributed by atoms with E-state index in [9.17, 15) is 0 Å². The molecule has 0 radical (unpaired) electrons. The average molecular weight is 385 g/mol. The molecular formula is C17H19BrClNO2. The summed E-state index contributed by atoms with van der Waals surface area (Å²) in [6.07, 6.45) is 0.0570. The van der Waals surface area contributed by atoms with Crippen LogP contribution in [0.25, 0.3) is 0 Å². The number of rotatable bonds is 6. The van der Waals surface area contributed by atoms with Crippen molar-refractivity contribution in [1.29, 1.82) is 0 Å². The van der Waals surface area contributed by atoms with Crippen LogP contribution in [-0.4, -0.2) is 13.2 Å². The van der Waals surface area contributed by atoms with Gasteiger partial charge in [0.2, 0.25) is 0 Å². The first-order chi connectivity index (χ1) is 10.5. The van der Waals surface area contributed by atoms with Gasteiger partial charge in [-0.2, -0.15) is 0 Å². The van der Waals surface area contributed by atoms with Crippen LogP contribution in [-0.2, 0) is 6.54 Å². The average Bonchev–Trinajstić information content (AvgIpc) is 2.48. The van der Waals surface area contributed by atoms with Gasteiger partial charge >= 0.3 is 0 Å². The Labute approximate surface area is 144 Å². The second-order valence-electron chi connectivity index (χ2n) is 5.12. The lowest BCUT2D eigenvalue weighted by molar-refractivity contribution is 0.228. The molecule has 0 bridgehead atoms. The topological polar surface area (TPSA) is 30.5 Å². The van der Waals surface area contributed by atoms with Crippen LogP contribution in [0.5, 0.6) is 11.5 Å². The lowest BCUT2D eigenvalue weighted by Gasteiger charge is -2.18. The molecule has 0 aromatic heterocycles. The monoisotopic (exact) mass is 383 g/mol. The number of halogens is 2. The van der Waals surface area contributed by atoms with Crippen molar-refractivity contribution in [3.8, 4) is 11.5 Å². The van der Waals surface area contributed by atoms with E-state index in [1.54, 1.807) is 13.2 Å². The fraction of sp³-hybridized carbons (Fsp3) is 0.294. The molecule has 0 saturated carbocycles. The zero-order valence-corrected chi connectivity index (χ0v) is 15.2. The minimum Gasteiger partial charge on any atom is -0.493 e. The summed E-state index contributed by atoms with van der Waals surface area (Å²) in [6, 6.07) is 11.7. The highest BCUT2D eigenvalue weighted by molar-refractivity contribution is 9.10. The molecule has 0 fully saturated rings. The predicted molar refractivity (Wildman–Crippen MR) is 95.2 cm³/mol. The van der Waals surface area contributed by atoms with Gasteiger partial charge < -0.3 is 14.8 Å². The van der Waals surface area contributed by atoms with E-state index in [4.69, 9.17) is 21.1 Å². The quantitative estimate of drug-likeness (QED) is 0.712. The van der Waals surface area contributed by atoms with E-state index in [0.717, 1.165) is 21.5 Å². The number of benzene rings is 2. The molecule has 0 atom stereocenters. The lowest BCUT2D eigenvalue weighted by atomic mass is 10.1. The summed E-state index contributed by atoms with van der Waals surface area (Å²) in [5.41, 5.74) is 1.98. The molecule has 1 N–H and O–H groups in total. The highest BCUT2D eigenvalue weighted by Gasteiger charge is 2.14. The van der Waals surface area contributed by atoms with Crippen LogP contribution < -0.4 is 14.8 Å². The van der Waals surface area contributed by atoms with E-state index in [0.29, 0.717) is 17.3 Å². The molecule has 22 heavy (non-hydrogen) atoms. The smallest absolute Gasteiger partial charge is 0.166 e. The second kappa shape index (κ2) is 7.75. The first-order valence-electron chi connectivity index (χ1n) is 7.02. The second-order valence-corrected chi connectivity index (χ2v) is 6.48. The molecule has 2 rings (SSSR count). The molecule has 3 nitrogen and oxygen atoms in total. The molecule has 0 spiro atoms. The van der Waals surface area contributed by atoms with Gasteiger partial charge in [0.25, 0.3) is 0 Å². The van der Waals surface area contributed by atoms with E-state index in [2.05, 4.69) is 21.2 Å². The molecule has 2 aromatic rings. The van der Waals surface area contributed by atoms with E-state index in [1.165, 1.54) is 0 Å². The van der Waals surface area contributed by atoms with Crippen molar-refractivity contribution in [3.63, 3.8) is 0 Å². The molecule has 118 valence electrons. The third kappa shape index (κ3) is 4.55. The van der Waals surface area contributed by atoms with Crippen molar-refractivity contribution >= 4 is 33.2 Å². The van der Waals surface area contributed by atoms with Crippen LogP contribution in [0.1, 0.15) is 19.4 Å². The van der Waals surface area contributed by atoms with Crippen molar-refractivity contribution in [2.45, 2.75) is 26.5 Å². The third-order valence-corrected chi connectivity index (χ3v) is 3.74. The summed E-state index contributed by atoms with van der Waals surface area (Å²) in [6.45, 7) is 4.57. The van der Waals surface area contributed by atoms with Gasteiger partial charge in [0.1, 0.15) is 0 Å². The highest BCUT2D eigenvalue weighted by Crippen LogP contribution is 2.36. The molecular weight excluding hydrogens is 366 g/mol. The SMILES string of the molecule is COc1cc(Cl)cc(CNc2ccc(Br)cc2)c1OC(C)C. The molecule has 0 heterocycles. The maximum Gasteiger partial charge on any atom is 0.166 e. The van der Waals surface area contributed by atoms with Gasteiger partial charge in [0.15, 0.2) is 11.5 Å². The van der Waals surface area contributed by atoms with Crippen molar-refractivity contribution in [2.75, 3.05) is 12.4 Å². The zero-order chi connectivity index (χ0) is 16.1. The maximum atomic E-state index is 6.17. The Morgan fingerprint density at radius 1 is 1.18 bits per heavy atom. The van der Waals surface area contributed by atoms with Gasteiger partial charge in [-0.15, -0.1) is 0 Å². The van der Waals surface area contributed by atoms with Crippen molar-refractivity contribution in [3.05, 3.63) is 51.5 Å². The molecule has 0 aliphatic heterocycles. The molecule has 0 amide bonds. The van der Waals surface area contributed by atoms with Crippen LogP contribution in [0.4, 0.5) is 5.69 Å². The number of methoxy groups -OCH3 is 1. The predicted octanol–water partition coefficient (Wildman–Crippen LogP) is 5.51. The van der Waals surface area contributed by atoms with E-state index >= 15 is 0 Å². The summed E-state index contributed by atoms with van der Waals surface area (Å²) in [5.74, 6) is 1.38. The lowest BCUT2D eigenvalue weighted by Crippen LogP contribution is -2.10. The molecule has 2 aromatic carbocycles. The van der Waals surface area contributed by atoms with E-state index < -0.39 is 0 Å². The number of hydrogen-bond acceptors (Lipinski definition) is 3. The first-order valence-corrected chi connectivity index (χ1v) is 8.19. The van der Waals surface area contributed by atoms with Gasteiger partial charge in [-0.25, -0.2) is 0 Å². The summed E-state index contributed by atoms with van der Waals surface area (Å²) >= 11 is 9.60. The Hall–Kier alpha value is -1.39. The van der Waals surface area contributed by atoms with Crippen molar-refractivity contribution in [2.24, 2.45) is 0 Å². The van der Waals surface area contributed by atoms with E-state index in [-0.39, 0.29) is 6.10 Å². The first kappa shape index (κ1) is 17.0. The van der Waals surface area contributed by atoms with Gasteiger partial charge in [-0.05, 0) is 44.2 Å². The Bertz CT molecular complexity index is 629. The number of anilines is 1. The highest BCUT2D eigenvalue weighted by atomic mass is 79.9. The van der Waals surface area contributed by atoms with Gasteiger partial charge in [-0.1, -0.05) is 27.5 Å². The van der Waals surface area contributed by atoms with Crippen LogP contribution >= 0.6 is 27.5 Å². The maximum absolute atomic E-state index is 6.17. The summed E-state index contributed by atoms with van der Waals surface area (Å²) < 4.78 is 12.3.